The minimum Gasteiger partial charge on any atom is -0.447 e. The van der Waals surface area contributed by atoms with E-state index in [1.165, 1.54) is 0 Å². The summed E-state index contributed by atoms with van der Waals surface area (Å²) < 4.78 is 43.4. The fourth-order valence-electron chi connectivity index (χ4n) is 2.85. The maximum Gasteiger partial charge on any atom is 0.412 e. The van der Waals surface area contributed by atoms with Crippen LogP contribution in [0.25, 0.3) is 0 Å². The van der Waals surface area contributed by atoms with Crippen molar-refractivity contribution in [2.75, 3.05) is 25.1 Å². The topological polar surface area (TPSA) is 161 Å². The Kier molecular flexibility index (Phi) is 7.52. The largest absolute Gasteiger partial charge is 0.447 e. The number of aliphatic hydroxyl groups excluding tert-OH is 2. The first kappa shape index (κ1) is 24.0. The third-order valence-corrected chi connectivity index (χ3v) is 4.43. The second kappa shape index (κ2) is 10.3. The number of anilines is 1. The van der Waals surface area contributed by atoms with Gasteiger partial charge in [0.2, 0.25) is 6.23 Å². The maximum atomic E-state index is 14.2. The number of benzene rings is 1. The normalized spacial score (nSPS) is 21.3. The van der Waals surface area contributed by atoms with E-state index in [-0.39, 0.29) is 19.0 Å². The van der Waals surface area contributed by atoms with Crippen LogP contribution in [0.4, 0.5) is 24.2 Å². The number of aliphatic hydroxyl groups is 2. The molecule has 14 heteroatoms. The fourth-order valence-corrected chi connectivity index (χ4v) is 2.85. The third-order valence-electron chi connectivity index (χ3n) is 4.43. The lowest BCUT2D eigenvalue weighted by Crippen LogP contribution is -2.41. The summed E-state index contributed by atoms with van der Waals surface area (Å²) in [6.07, 6.45) is -6.97. The lowest BCUT2D eigenvalue weighted by Gasteiger charge is -2.21. The van der Waals surface area contributed by atoms with Gasteiger partial charge in [-0.2, -0.15) is 13.8 Å². The summed E-state index contributed by atoms with van der Waals surface area (Å²) in [6.45, 7) is -1.19. The summed E-state index contributed by atoms with van der Waals surface area (Å²) in [5, 5.41) is 23.1. The predicted molar refractivity (Wildman–Crippen MR) is 106 cm³/mol. The number of para-hydroxylation sites is 1. The van der Waals surface area contributed by atoms with Crippen molar-refractivity contribution < 1.29 is 42.8 Å². The van der Waals surface area contributed by atoms with E-state index >= 15 is 0 Å². The van der Waals surface area contributed by atoms with Crippen LogP contribution >= 0.6 is 0 Å². The first-order valence-electron chi connectivity index (χ1n) is 9.58. The Labute approximate surface area is 184 Å². The zero-order chi connectivity index (χ0) is 24.0. The molecular weight excluding hydrogens is 450 g/mol. The van der Waals surface area contributed by atoms with E-state index in [1.54, 1.807) is 30.3 Å². The summed E-state index contributed by atoms with van der Waals surface area (Å²) in [7, 11) is 0. The van der Waals surface area contributed by atoms with Gasteiger partial charge in [-0.1, -0.05) is 18.2 Å². The summed E-state index contributed by atoms with van der Waals surface area (Å²) in [4.78, 5) is 39.0. The van der Waals surface area contributed by atoms with E-state index < -0.39 is 48.8 Å². The van der Waals surface area contributed by atoms with Gasteiger partial charge in [-0.05, 0) is 18.2 Å². The van der Waals surface area contributed by atoms with Crippen LogP contribution in [-0.2, 0) is 9.47 Å². The van der Waals surface area contributed by atoms with Gasteiger partial charge >= 0.3 is 23.8 Å². The van der Waals surface area contributed by atoms with Crippen molar-refractivity contribution in [3.05, 3.63) is 53.1 Å². The first-order chi connectivity index (χ1) is 15.7. The quantitative estimate of drug-likeness (QED) is 0.422. The number of carbonyl (C=O) groups excluding carboxylic acids is 2. The molecule has 33 heavy (non-hydrogen) atoms. The highest BCUT2D eigenvalue weighted by Crippen LogP contribution is 2.41. The van der Waals surface area contributed by atoms with Gasteiger partial charge in [-0.15, -0.1) is 0 Å². The number of ether oxygens (including phenoxy) is 3. The van der Waals surface area contributed by atoms with Crippen molar-refractivity contribution in [3.8, 4) is 5.75 Å². The number of alkyl halides is 2. The van der Waals surface area contributed by atoms with E-state index in [4.69, 9.17) is 19.3 Å². The SMILES string of the molecule is O=C(Nc1ccn([C@@H]2OC(CO)[C@@H](O)C2(F)F)c(=O)n1)OCCNC(=O)Oc1ccccc1. The molecule has 0 spiro atoms. The monoisotopic (exact) mass is 470 g/mol. The number of rotatable bonds is 7. The van der Waals surface area contributed by atoms with Crippen LogP contribution in [0.1, 0.15) is 6.23 Å². The Morgan fingerprint density at radius 3 is 2.58 bits per heavy atom. The lowest BCUT2D eigenvalue weighted by molar-refractivity contribution is -0.140. The van der Waals surface area contributed by atoms with Gasteiger partial charge in [0.15, 0.2) is 6.10 Å². The van der Waals surface area contributed by atoms with Crippen LogP contribution in [0.2, 0.25) is 0 Å². The molecule has 12 nitrogen and oxygen atoms in total. The van der Waals surface area contributed by atoms with E-state index in [1.807, 2.05) is 0 Å². The van der Waals surface area contributed by atoms with Gasteiger partial charge in [-0.3, -0.25) is 9.88 Å². The van der Waals surface area contributed by atoms with Crippen molar-refractivity contribution >= 4 is 18.0 Å². The number of halogens is 2. The molecule has 0 saturated carbocycles. The number of amides is 2. The average Bonchev–Trinajstić information content (AvgIpc) is 3.01. The molecule has 0 radical (unpaired) electrons. The molecule has 1 aromatic carbocycles. The first-order valence-corrected chi connectivity index (χ1v) is 9.58. The van der Waals surface area contributed by atoms with E-state index in [0.29, 0.717) is 10.3 Å². The molecule has 4 N–H and O–H groups in total. The molecular formula is C19H20F2N4O8. The molecule has 2 aromatic rings. The van der Waals surface area contributed by atoms with Crippen LogP contribution in [-0.4, -0.2) is 69.8 Å². The summed E-state index contributed by atoms with van der Waals surface area (Å²) in [5.74, 6) is -3.82. The Morgan fingerprint density at radius 1 is 1.21 bits per heavy atom. The standard InChI is InChI=1S/C19H20F2N4O8/c20-19(21)14(27)12(10-26)33-15(19)25-8-6-13(23-16(25)28)24-18(30)31-9-7-22-17(29)32-11-4-2-1-3-5-11/h1-6,8,12,14-15,26-27H,7,9-10H2,(H,22,29)(H,23,24,28,30)/t12?,14-,15-/m1/s1. The highest BCUT2D eigenvalue weighted by Gasteiger charge is 2.59. The van der Waals surface area contributed by atoms with Gasteiger partial charge in [0.05, 0.1) is 13.2 Å². The van der Waals surface area contributed by atoms with Gasteiger partial charge in [-0.25, -0.2) is 14.4 Å². The third kappa shape index (κ3) is 5.79. The molecule has 3 atom stereocenters. The summed E-state index contributed by atoms with van der Waals surface area (Å²) in [6, 6.07) is 9.32. The van der Waals surface area contributed by atoms with E-state index in [2.05, 4.69) is 15.6 Å². The number of aromatic nitrogens is 2. The number of nitrogens with zero attached hydrogens (tertiary/aromatic N) is 2. The van der Waals surface area contributed by atoms with Crippen LogP contribution in [0.15, 0.2) is 47.4 Å². The molecule has 178 valence electrons. The van der Waals surface area contributed by atoms with E-state index in [9.17, 15) is 28.3 Å². The molecule has 3 rings (SSSR count). The van der Waals surface area contributed by atoms with Crippen molar-refractivity contribution in [1.82, 2.24) is 14.9 Å². The molecule has 1 fully saturated rings. The molecule has 2 amide bonds. The summed E-state index contributed by atoms with van der Waals surface area (Å²) in [5.41, 5.74) is -1.20. The smallest absolute Gasteiger partial charge is 0.412 e. The molecule has 1 aliphatic heterocycles. The second-order valence-corrected chi connectivity index (χ2v) is 6.72. The second-order valence-electron chi connectivity index (χ2n) is 6.72. The molecule has 1 saturated heterocycles. The van der Waals surface area contributed by atoms with Gasteiger partial charge in [0.1, 0.15) is 24.3 Å². The van der Waals surface area contributed by atoms with Crippen molar-refractivity contribution in [2.24, 2.45) is 0 Å². The minimum absolute atomic E-state index is 0.0729. The van der Waals surface area contributed by atoms with Crippen LogP contribution in [0.5, 0.6) is 5.75 Å². The Hall–Kier alpha value is -3.62. The van der Waals surface area contributed by atoms with E-state index in [0.717, 1.165) is 12.3 Å². The van der Waals surface area contributed by atoms with Gasteiger partial charge in [0.25, 0.3) is 0 Å². The molecule has 1 aromatic heterocycles. The maximum absolute atomic E-state index is 14.2. The number of carbonyl (C=O) groups is 2. The number of hydrogen-bond acceptors (Lipinski definition) is 9. The molecule has 0 aliphatic carbocycles. The van der Waals surface area contributed by atoms with Crippen LogP contribution in [0, 0.1) is 0 Å². The van der Waals surface area contributed by atoms with Crippen LogP contribution in [0.3, 0.4) is 0 Å². The zero-order valence-electron chi connectivity index (χ0n) is 16.9. The molecule has 2 heterocycles. The molecule has 0 bridgehead atoms. The molecule has 1 unspecified atom stereocenters. The minimum atomic E-state index is -3.86. The lowest BCUT2D eigenvalue weighted by atomic mass is 10.1. The Morgan fingerprint density at radius 2 is 1.94 bits per heavy atom. The van der Waals surface area contributed by atoms with Gasteiger partial charge in [0, 0.05) is 6.20 Å². The Bertz CT molecular complexity index is 1040. The fraction of sp³-hybridized carbons (Fsp3) is 0.368. The van der Waals surface area contributed by atoms with Crippen LogP contribution < -0.4 is 21.1 Å². The average molecular weight is 470 g/mol. The summed E-state index contributed by atoms with van der Waals surface area (Å²) >= 11 is 0. The predicted octanol–water partition coefficient (Wildman–Crippen LogP) is 0.466. The number of hydrogen-bond donors (Lipinski definition) is 4. The Balaban J connectivity index is 1.47. The molecule has 1 aliphatic rings. The number of nitrogens with one attached hydrogen (secondary N) is 2. The highest BCUT2D eigenvalue weighted by molar-refractivity contribution is 5.83. The van der Waals surface area contributed by atoms with Crippen molar-refractivity contribution in [1.29, 1.82) is 0 Å². The van der Waals surface area contributed by atoms with Gasteiger partial charge < -0.3 is 29.7 Å². The highest BCUT2D eigenvalue weighted by atomic mass is 19.3. The van der Waals surface area contributed by atoms with Crippen molar-refractivity contribution in [3.63, 3.8) is 0 Å². The van der Waals surface area contributed by atoms with Crippen molar-refractivity contribution in [2.45, 2.75) is 24.4 Å². The zero-order valence-corrected chi connectivity index (χ0v) is 16.9.